The minimum atomic E-state index is -0.801. The van der Waals surface area contributed by atoms with E-state index in [4.69, 9.17) is 16.1 Å². The summed E-state index contributed by atoms with van der Waals surface area (Å²) in [6.07, 6.45) is 0. The van der Waals surface area contributed by atoms with Crippen molar-refractivity contribution in [3.05, 3.63) is 23.5 Å². The van der Waals surface area contributed by atoms with E-state index in [0.29, 0.717) is 0 Å². The molecule has 0 radical (unpaired) electrons. The van der Waals surface area contributed by atoms with Gasteiger partial charge >= 0.3 is 0 Å². The smallest absolute Gasteiger partial charge is 0.146 e. The Morgan fingerprint density at radius 2 is 2.18 bits per heavy atom. The zero-order valence-electron chi connectivity index (χ0n) is 5.50. The zero-order chi connectivity index (χ0) is 8.43. The number of halogens is 1. The average molecular weight is 152 g/mol. The van der Waals surface area contributed by atoms with Crippen molar-refractivity contribution in [3.8, 4) is 11.8 Å². The Balaban J connectivity index is 3.40. The predicted molar refractivity (Wildman–Crippen MR) is 37.2 cm³/mol. The molecule has 3 nitrogen and oxygen atoms in total. The summed E-state index contributed by atoms with van der Waals surface area (Å²) in [4.78, 5) is 0. The van der Waals surface area contributed by atoms with Gasteiger partial charge in [-0.25, -0.2) is 4.39 Å². The van der Waals surface area contributed by atoms with Crippen LogP contribution in [-0.4, -0.2) is 5.11 Å². The van der Waals surface area contributed by atoms with Crippen LogP contribution in [0.1, 0.15) is 5.56 Å². The molecule has 1 aromatic carbocycles. The summed E-state index contributed by atoms with van der Waals surface area (Å²) in [6, 6.07) is 3.55. The molecule has 0 unspecified atom stereocenters. The Morgan fingerprint density at radius 3 is 2.64 bits per heavy atom. The summed E-state index contributed by atoms with van der Waals surface area (Å²) < 4.78 is 12.6. The first kappa shape index (κ1) is 7.35. The van der Waals surface area contributed by atoms with Crippen molar-refractivity contribution < 1.29 is 9.50 Å². The molecular weight excluding hydrogens is 147 g/mol. The fraction of sp³-hybridized carbons (Fsp3) is 0. The molecule has 1 rings (SSSR count). The normalized spacial score (nSPS) is 9.09. The lowest BCUT2D eigenvalue weighted by atomic mass is 10.2. The van der Waals surface area contributed by atoms with E-state index in [1.165, 1.54) is 0 Å². The summed E-state index contributed by atoms with van der Waals surface area (Å²) in [6.45, 7) is 0. The van der Waals surface area contributed by atoms with Crippen LogP contribution in [0.5, 0.6) is 5.75 Å². The van der Waals surface area contributed by atoms with Gasteiger partial charge in [-0.3, -0.25) is 0 Å². The number of rotatable bonds is 0. The number of nitrogen functional groups attached to an aromatic ring is 1. The molecule has 3 N–H and O–H groups in total. The van der Waals surface area contributed by atoms with Gasteiger partial charge in [-0.2, -0.15) is 5.26 Å². The number of nitriles is 1. The fourth-order valence-corrected chi connectivity index (χ4v) is 0.731. The summed E-state index contributed by atoms with van der Waals surface area (Å²) in [7, 11) is 0. The molecule has 1 aromatic rings. The summed E-state index contributed by atoms with van der Waals surface area (Å²) >= 11 is 0. The van der Waals surface area contributed by atoms with Crippen LogP contribution in [0, 0.1) is 17.1 Å². The number of benzene rings is 1. The molecule has 56 valence electrons. The molecule has 0 amide bonds. The Morgan fingerprint density at radius 1 is 1.55 bits per heavy atom. The van der Waals surface area contributed by atoms with Gasteiger partial charge in [-0.05, 0) is 0 Å². The highest BCUT2D eigenvalue weighted by Crippen LogP contribution is 2.21. The van der Waals surface area contributed by atoms with Gasteiger partial charge in [-0.1, -0.05) is 0 Å². The van der Waals surface area contributed by atoms with Crippen molar-refractivity contribution in [1.82, 2.24) is 0 Å². The first-order valence-corrected chi connectivity index (χ1v) is 2.83. The van der Waals surface area contributed by atoms with E-state index >= 15 is 0 Å². The Kier molecular flexibility index (Phi) is 1.65. The van der Waals surface area contributed by atoms with Crippen molar-refractivity contribution in [1.29, 1.82) is 5.26 Å². The molecule has 0 heterocycles. The number of nitrogens with zero attached hydrogens (tertiary/aromatic N) is 1. The third-order valence-corrected chi connectivity index (χ3v) is 1.22. The molecule has 0 aliphatic carbocycles. The van der Waals surface area contributed by atoms with Gasteiger partial charge in [-0.15, -0.1) is 0 Å². The number of hydrogen-bond acceptors (Lipinski definition) is 3. The van der Waals surface area contributed by atoms with Gasteiger partial charge in [0, 0.05) is 12.1 Å². The molecule has 4 heteroatoms. The summed E-state index contributed by atoms with van der Waals surface area (Å²) in [5.74, 6) is -1.08. The molecule has 0 bridgehead atoms. The molecular formula is C7H5FN2O. The van der Waals surface area contributed by atoms with Crippen LogP contribution in [0.15, 0.2) is 12.1 Å². The Bertz CT molecular complexity index is 307. The average Bonchev–Trinajstić information content (AvgIpc) is 1.85. The van der Waals surface area contributed by atoms with Crippen molar-refractivity contribution in [2.75, 3.05) is 5.73 Å². The molecule has 0 saturated carbocycles. The highest BCUT2D eigenvalue weighted by molar-refractivity contribution is 5.57. The van der Waals surface area contributed by atoms with E-state index in [0.717, 1.165) is 12.1 Å². The molecule has 0 atom stereocenters. The minimum absolute atomic E-state index is 0.0509. The summed E-state index contributed by atoms with van der Waals surface area (Å²) in [5, 5.41) is 17.1. The van der Waals surface area contributed by atoms with E-state index in [9.17, 15) is 4.39 Å². The van der Waals surface area contributed by atoms with Crippen molar-refractivity contribution in [2.24, 2.45) is 0 Å². The van der Waals surface area contributed by atoms with Gasteiger partial charge in [0.1, 0.15) is 23.2 Å². The molecule has 0 aliphatic heterocycles. The van der Waals surface area contributed by atoms with Crippen molar-refractivity contribution >= 4 is 5.69 Å². The quantitative estimate of drug-likeness (QED) is 0.544. The second-order valence-corrected chi connectivity index (χ2v) is 2.00. The van der Waals surface area contributed by atoms with Crippen LogP contribution in [0.3, 0.4) is 0 Å². The van der Waals surface area contributed by atoms with Gasteiger partial charge in [0.2, 0.25) is 0 Å². The lowest BCUT2D eigenvalue weighted by molar-refractivity contribution is 0.469. The third kappa shape index (κ3) is 1.22. The third-order valence-electron chi connectivity index (χ3n) is 1.22. The lowest BCUT2D eigenvalue weighted by Crippen LogP contribution is -1.93. The maximum Gasteiger partial charge on any atom is 0.146 e. The van der Waals surface area contributed by atoms with Gasteiger partial charge in [0.15, 0.2) is 0 Å². The summed E-state index contributed by atoms with van der Waals surface area (Å²) in [5.41, 5.74) is 4.93. The number of phenolic OH excluding ortho intramolecular Hbond substituents is 1. The van der Waals surface area contributed by atoms with Crippen LogP contribution >= 0.6 is 0 Å². The molecule has 0 spiro atoms. The second kappa shape index (κ2) is 2.46. The minimum Gasteiger partial charge on any atom is -0.508 e. The highest BCUT2D eigenvalue weighted by atomic mass is 19.1. The first-order valence-electron chi connectivity index (χ1n) is 2.83. The van der Waals surface area contributed by atoms with Crippen LogP contribution < -0.4 is 5.73 Å². The SMILES string of the molecule is N#Cc1c(N)cc(O)cc1F. The number of nitrogens with two attached hydrogens (primary N) is 1. The molecule has 11 heavy (non-hydrogen) atoms. The van der Waals surface area contributed by atoms with Crippen LogP contribution in [0.25, 0.3) is 0 Å². The Hall–Kier alpha value is -1.76. The maximum atomic E-state index is 12.6. The fourth-order valence-electron chi connectivity index (χ4n) is 0.731. The second-order valence-electron chi connectivity index (χ2n) is 2.00. The molecule has 0 aromatic heterocycles. The number of phenols is 1. The largest absolute Gasteiger partial charge is 0.508 e. The Labute approximate surface area is 62.5 Å². The lowest BCUT2D eigenvalue weighted by Gasteiger charge is -1.98. The highest BCUT2D eigenvalue weighted by Gasteiger charge is 2.06. The van der Waals surface area contributed by atoms with E-state index in [1.54, 1.807) is 6.07 Å². The zero-order valence-corrected chi connectivity index (χ0v) is 5.50. The van der Waals surface area contributed by atoms with Crippen LogP contribution in [-0.2, 0) is 0 Å². The monoisotopic (exact) mass is 152 g/mol. The molecule has 0 fully saturated rings. The van der Waals surface area contributed by atoms with E-state index in [1.807, 2.05) is 0 Å². The number of aromatic hydroxyl groups is 1. The van der Waals surface area contributed by atoms with Gasteiger partial charge in [0.25, 0.3) is 0 Å². The van der Waals surface area contributed by atoms with E-state index < -0.39 is 5.82 Å². The standard InChI is InChI=1S/C7H5FN2O/c8-6-1-4(11)2-7(10)5(6)3-9/h1-2,11H,10H2. The number of hydrogen-bond donors (Lipinski definition) is 2. The van der Waals surface area contributed by atoms with Crippen molar-refractivity contribution in [2.45, 2.75) is 0 Å². The van der Waals surface area contributed by atoms with E-state index in [-0.39, 0.29) is 17.0 Å². The maximum absolute atomic E-state index is 12.6. The van der Waals surface area contributed by atoms with Crippen LogP contribution in [0.4, 0.5) is 10.1 Å². The predicted octanol–water partition coefficient (Wildman–Crippen LogP) is 0.985. The van der Waals surface area contributed by atoms with Crippen molar-refractivity contribution in [3.63, 3.8) is 0 Å². The first-order chi connectivity index (χ1) is 5.15. The van der Waals surface area contributed by atoms with Gasteiger partial charge < -0.3 is 10.8 Å². The van der Waals surface area contributed by atoms with Crippen LogP contribution in [0.2, 0.25) is 0 Å². The topological polar surface area (TPSA) is 70.0 Å². The van der Waals surface area contributed by atoms with E-state index in [2.05, 4.69) is 0 Å². The number of anilines is 1. The molecule has 0 aliphatic rings. The molecule has 0 saturated heterocycles. The van der Waals surface area contributed by atoms with Gasteiger partial charge in [0.05, 0.1) is 5.69 Å².